The van der Waals surface area contributed by atoms with E-state index in [1.165, 1.54) is 21.9 Å². The molecule has 1 unspecified atom stereocenters. The maximum Gasteiger partial charge on any atom is 0.405 e. The van der Waals surface area contributed by atoms with E-state index < -0.39 is 51.0 Å². The number of halogens is 3. The number of carbonyl (C=O) groups excluding carboxylic acids is 3. The third-order valence-electron chi connectivity index (χ3n) is 7.63. The minimum absolute atomic E-state index is 0.0518. The minimum atomic E-state index is -4.41. The summed E-state index contributed by atoms with van der Waals surface area (Å²) < 4.78 is 50.6. The highest BCUT2D eigenvalue weighted by Crippen LogP contribution is 2.32. The summed E-state index contributed by atoms with van der Waals surface area (Å²) in [5, 5.41) is 11.5. The minimum Gasteiger partial charge on any atom is -0.487 e. The first-order chi connectivity index (χ1) is 19.6. The third-order valence-corrected chi connectivity index (χ3v) is 9.33. The maximum atomic E-state index is 13.3. The van der Waals surface area contributed by atoms with Gasteiger partial charge in [-0.3, -0.25) is 24.2 Å². The summed E-state index contributed by atoms with van der Waals surface area (Å²) >= 11 is 0. The van der Waals surface area contributed by atoms with Gasteiger partial charge in [-0.2, -0.15) is 13.2 Å². The van der Waals surface area contributed by atoms with Crippen LogP contribution in [-0.2, 0) is 20.9 Å². The standard InChI is InChI=1S/C27H37F3N4O7Si/c1-42(2,3)11-10-40-16-34-23(35)7-6-21(25(34)37)33-13-17-12-18(4-5-19(17)24(33)36)41-22-14-32(15-27(28,29)30)9-8-20(22)31-26(38)39/h4-5,12,20-22,31H,6-11,13-16H2,1-3H3,(H,38,39)/t20-,21?,22-/m1/s1. The number of carboxylic acid groups (broad SMARTS) is 1. The lowest BCUT2D eigenvalue weighted by atomic mass is 10.0. The van der Waals surface area contributed by atoms with Crippen LogP contribution >= 0.6 is 0 Å². The molecule has 3 atom stereocenters. The zero-order chi connectivity index (χ0) is 30.8. The lowest BCUT2D eigenvalue weighted by molar-refractivity contribution is -0.158. The quantitative estimate of drug-likeness (QED) is 0.234. The fraction of sp³-hybridized carbons (Fsp3) is 0.630. The van der Waals surface area contributed by atoms with Crippen LogP contribution in [0, 0.1) is 0 Å². The van der Waals surface area contributed by atoms with Crippen LogP contribution in [0.5, 0.6) is 5.75 Å². The molecule has 11 nitrogen and oxygen atoms in total. The molecular formula is C27H37F3N4O7Si. The second-order valence-electron chi connectivity index (χ2n) is 12.2. The molecule has 4 amide bonds. The zero-order valence-electron chi connectivity index (χ0n) is 23.9. The number of nitrogens with zero attached hydrogens (tertiary/aromatic N) is 3. The number of hydrogen-bond acceptors (Lipinski definition) is 7. The van der Waals surface area contributed by atoms with Crippen LogP contribution in [0.15, 0.2) is 18.2 Å². The van der Waals surface area contributed by atoms with E-state index in [-0.39, 0.29) is 63.2 Å². The number of ether oxygens (including phenoxy) is 2. The Morgan fingerprint density at radius 1 is 1.17 bits per heavy atom. The molecule has 0 aliphatic carbocycles. The first-order valence-corrected chi connectivity index (χ1v) is 17.6. The number of benzene rings is 1. The average molecular weight is 615 g/mol. The van der Waals surface area contributed by atoms with Crippen molar-refractivity contribution in [3.8, 4) is 5.75 Å². The number of carbonyl (C=O) groups is 4. The maximum absolute atomic E-state index is 13.3. The van der Waals surface area contributed by atoms with Crippen LogP contribution in [0.4, 0.5) is 18.0 Å². The van der Waals surface area contributed by atoms with Gasteiger partial charge in [0.1, 0.15) is 24.6 Å². The third kappa shape index (κ3) is 8.01. The van der Waals surface area contributed by atoms with Crippen molar-refractivity contribution in [3.05, 3.63) is 29.3 Å². The van der Waals surface area contributed by atoms with Gasteiger partial charge in [0.2, 0.25) is 5.91 Å². The molecule has 2 N–H and O–H groups in total. The van der Waals surface area contributed by atoms with E-state index in [0.717, 1.165) is 10.9 Å². The summed E-state index contributed by atoms with van der Waals surface area (Å²) in [6.45, 7) is 5.71. The highest BCUT2D eigenvalue weighted by atomic mass is 28.3. The van der Waals surface area contributed by atoms with Crippen molar-refractivity contribution in [3.63, 3.8) is 0 Å². The predicted molar refractivity (Wildman–Crippen MR) is 147 cm³/mol. The molecule has 3 aliphatic rings. The molecule has 2 fully saturated rings. The van der Waals surface area contributed by atoms with E-state index >= 15 is 0 Å². The number of imide groups is 1. The van der Waals surface area contributed by atoms with Gasteiger partial charge in [-0.1, -0.05) is 19.6 Å². The number of likely N-dealkylation sites (tertiary alicyclic amines) is 2. The topological polar surface area (TPSA) is 129 Å². The molecule has 3 heterocycles. The van der Waals surface area contributed by atoms with Crippen molar-refractivity contribution in [2.45, 2.75) is 75.9 Å². The molecule has 2 saturated heterocycles. The van der Waals surface area contributed by atoms with Gasteiger partial charge in [-0.05, 0) is 42.6 Å². The number of hydrogen-bond donors (Lipinski definition) is 2. The van der Waals surface area contributed by atoms with Crippen molar-refractivity contribution in [2.75, 3.05) is 33.0 Å². The normalized spacial score (nSPS) is 23.8. The van der Waals surface area contributed by atoms with E-state index in [1.807, 2.05) is 0 Å². The number of amides is 4. The van der Waals surface area contributed by atoms with E-state index in [1.54, 1.807) is 6.07 Å². The largest absolute Gasteiger partial charge is 0.487 e. The SMILES string of the molecule is C[Si](C)(C)CCOCN1C(=O)CCC(N2Cc3cc(O[C@@H]4CN(CC(F)(F)F)CC[C@H]4NC(=O)O)ccc3C2=O)C1=O. The molecule has 15 heteroatoms. The number of alkyl halides is 3. The van der Waals surface area contributed by atoms with Crippen LogP contribution in [-0.4, -0.2) is 109 Å². The van der Waals surface area contributed by atoms with Gasteiger partial charge in [-0.25, -0.2) is 4.79 Å². The van der Waals surface area contributed by atoms with Crippen molar-refractivity contribution >= 4 is 31.9 Å². The van der Waals surface area contributed by atoms with Crippen molar-refractivity contribution in [1.29, 1.82) is 0 Å². The first kappa shape index (κ1) is 31.8. The molecule has 42 heavy (non-hydrogen) atoms. The van der Waals surface area contributed by atoms with Crippen molar-refractivity contribution in [1.82, 2.24) is 20.0 Å². The second kappa shape index (κ2) is 12.6. The molecule has 0 radical (unpaired) electrons. The molecule has 1 aromatic carbocycles. The van der Waals surface area contributed by atoms with Crippen LogP contribution in [0.1, 0.15) is 35.2 Å². The van der Waals surface area contributed by atoms with Crippen LogP contribution < -0.4 is 10.1 Å². The Morgan fingerprint density at radius 3 is 2.57 bits per heavy atom. The fourth-order valence-corrected chi connectivity index (χ4v) is 6.18. The average Bonchev–Trinajstić information content (AvgIpc) is 3.18. The highest BCUT2D eigenvalue weighted by molar-refractivity contribution is 6.76. The van der Waals surface area contributed by atoms with Gasteiger partial charge in [0.25, 0.3) is 11.8 Å². The van der Waals surface area contributed by atoms with Crippen LogP contribution in [0.3, 0.4) is 0 Å². The van der Waals surface area contributed by atoms with Crippen molar-refractivity contribution in [2.24, 2.45) is 0 Å². The molecule has 0 spiro atoms. The fourth-order valence-electron chi connectivity index (χ4n) is 5.42. The lowest BCUT2D eigenvalue weighted by Gasteiger charge is -2.38. The Morgan fingerprint density at radius 2 is 1.90 bits per heavy atom. The number of piperidine rings is 2. The zero-order valence-corrected chi connectivity index (χ0v) is 24.9. The van der Waals surface area contributed by atoms with Gasteiger partial charge < -0.3 is 24.8 Å². The Hall–Kier alpha value is -3.17. The summed E-state index contributed by atoms with van der Waals surface area (Å²) in [6.07, 6.45) is -6.21. The van der Waals surface area contributed by atoms with Gasteiger partial charge >= 0.3 is 12.3 Å². The summed E-state index contributed by atoms with van der Waals surface area (Å²) in [5.41, 5.74) is 0.915. The van der Waals surface area contributed by atoms with Crippen LogP contribution in [0.25, 0.3) is 0 Å². The summed E-state index contributed by atoms with van der Waals surface area (Å²) in [7, 11) is -1.36. The van der Waals surface area contributed by atoms with Crippen LogP contribution in [0.2, 0.25) is 25.7 Å². The molecule has 232 valence electrons. The molecule has 0 saturated carbocycles. The summed E-state index contributed by atoms with van der Waals surface area (Å²) in [5.74, 6) is -0.947. The van der Waals surface area contributed by atoms with Gasteiger partial charge in [0, 0.05) is 46.3 Å². The molecule has 1 aromatic rings. The Bertz CT molecular complexity index is 1210. The van der Waals surface area contributed by atoms with E-state index in [0.29, 0.717) is 17.7 Å². The number of fused-ring (bicyclic) bond motifs is 1. The molecule has 0 aromatic heterocycles. The Balaban J connectivity index is 1.43. The monoisotopic (exact) mass is 614 g/mol. The van der Waals surface area contributed by atoms with E-state index in [9.17, 15) is 37.5 Å². The number of nitrogens with one attached hydrogen (secondary N) is 1. The summed E-state index contributed by atoms with van der Waals surface area (Å²) in [6, 6.07) is 3.93. The Labute approximate surface area is 242 Å². The first-order valence-electron chi connectivity index (χ1n) is 13.9. The van der Waals surface area contributed by atoms with Gasteiger partial charge in [0.05, 0.1) is 12.6 Å². The van der Waals surface area contributed by atoms with E-state index in [4.69, 9.17) is 9.47 Å². The lowest BCUT2D eigenvalue weighted by Crippen LogP contribution is -2.57. The van der Waals surface area contributed by atoms with E-state index in [2.05, 4.69) is 25.0 Å². The molecule has 3 aliphatic heterocycles. The molecule has 4 rings (SSSR count). The van der Waals surface area contributed by atoms with Gasteiger partial charge in [0.15, 0.2) is 0 Å². The van der Waals surface area contributed by atoms with Crippen molar-refractivity contribution < 1.29 is 46.9 Å². The molecule has 0 bridgehead atoms. The predicted octanol–water partition coefficient (Wildman–Crippen LogP) is 3.12. The smallest absolute Gasteiger partial charge is 0.405 e. The second-order valence-corrected chi connectivity index (χ2v) is 17.8. The summed E-state index contributed by atoms with van der Waals surface area (Å²) in [4.78, 5) is 53.9. The Kier molecular flexibility index (Phi) is 9.52. The van der Waals surface area contributed by atoms with Gasteiger partial charge in [-0.15, -0.1) is 0 Å². The number of rotatable bonds is 10. The molecular weight excluding hydrogens is 577 g/mol. The highest BCUT2D eigenvalue weighted by Gasteiger charge is 2.43.